The summed E-state index contributed by atoms with van der Waals surface area (Å²) in [7, 11) is 1.60. The number of nitrogens with two attached hydrogens (primary N) is 1. The summed E-state index contributed by atoms with van der Waals surface area (Å²) in [5.41, 5.74) is 6.40. The van der Waals surface area contributed by atoms with E-state index in [2.05, 4.69) is 15.3 Å². The highest BCUT2D eigenvalue weighted by molar-refractivity contribution is 6.31. The molecule has 2 aromatic rings. The lowest BCUT2D eigenvalue weighted by Gasteiger charge is -2.18. The quantitative estimate of drug-likeness (QED) is 0.903. The average molecular weight is 307 g/mol. The number of rotatable bonds is 3. The number of nitrogen functional groups attached to an aromatic ring is 1. The third-order valence-electron chi connectivity index (χ3n) is 2.84. The minimum atomic E-state index is -0.190. The lowest BCUT2D eigenvalue weighted by atomic mass is 9.96. The molecular weight excluding hydrogens is 288 g/mol. The Labute approximate surface area is 129 Å². The Hall–Kier alpha value is -2.01. The van der Waals surface area contributed by atoms with E-state index < -0.39 is 0 Å². The summed E-state index contributed by atoms with van der Waals surface area (Å²) < 4.78 is 5.30. The zero-order valence-electron chi connectivity index (χ0n) is 12.6. The van der Waals surface area contributed by atoms with Gasteiger partial charge in [-0.15, -0.1) is 0 Å². The van der Waals surface area contributed by atoms with E-state index in [1.54, 1.807) is 31.4 Å². The van der Waals surface area contributed by atoms with Gasteiger partial charge in [-0.3, -0.25) is 0 Å². The van der Waals surface area contributed by atoms with Gasteiger partial charge < -0.3 is 15.8 Å². The van der Waals surface area contributed by atoms with Gasteiger partial charge in [0.15, 0.2) is 0 Å². The van der Waals surface area contributed by atoms with Crippen LogP contribution in [0, 0.1) is 0 Å². The number of methoxy groups -OCH3 is 1. The van der Waals surface area contributed by atoms with Crippen molar-refractivity contribution in [2.75, 3.05) is 18.2 Å². The fourth-order valence-electron chi connectivity index (χ4n) is 1.78. The van der Waals surface area contributed by atoms with Crippen molar-refractivity contribution in [2.24, 2.45) is 0 Å². The molecule has 0 unspecified atom stereocenters. The number of halogens is 1. The van der Waals surface area contributed by atoms with Crippen LogP contribution in [0.2, 0.25) is 5.02 Å². The second-order valence-corrected chi connectivity index (χ2v) is 6.16. The van der Waals surface area contributed by atoms with Crippen LogP contribution < -0.4 is 15.8 Å². The lowest BCUT2D eigenvalue weighted by Crippen LogP contribution is -2.17. The minimum Gasteiger partial charge on any atom is -0.495 e. The Morgan fingerprint density at radius 3 is 2.52 bits per heavy atom. The highest BCUT2D eigenvalue weighted by Gasteiger charge is 2.19. The van der Waals surface area contributed by atoms with E-state index in [1.165, 1.54) is 0 Å². The summed E-state index contributed by atoms with van der Waals surface area (Å²) in [5.74, 6) is 2.37. The molecule has 0 amide bonds. The number of ether oxygens (including phenoxy) is 1. The molecule has 1 aromatic carbocycles. The third kappa shape index (κ3) is 3.76. The minimum absolute atomic E-state index is 0.190. The van der Waals surface area contributed by atoms with Gasteiger partial charge in [0.1, 0.15) is 23.2 Å². The number of anilines is 3. The Bertz CT molecular complexity index is 653. The average Bonchev–Trinajstić information content (AvgIpc) is 2.37. The van der Waals surface area contributed by atoms with Crippen LogP contribution in [-0.2, 0) is 5.41 Å². The van der Waals surface area contributed by atoms with Gasteiger partial charge in [0.25, 0.3) is 0 Å². The second-order valence-electron chi connectivity index (χ2n) is 5.72. The molecule has 0 aliphatic rings. The van der Waals surface area contributed by atoms with Gasteiger partial charge in [-0.1, -0.05) is 32.4 Å². The maximum atomic E-state index is 6.02. The third-order valence-corrected chi connectivity index (χ3v) is 3.08. The highest BCUT2D eigenvalue weighted by atomic mass is 35.5. The van der Waals surface area contributed by atoms with Crippen molar-refractivity contribution < 1.29 is 4.74 Å². The Morgan fingerprint density at radius 2 is 1.90 bits per heavy atom. The first-order chi connectivity index (χ1) is 9.79. The van der Waals surface area contributed by atoms with Crippen molar-refractivity contribution >= 4 is 28.9 Å². The molecule has 1 heterocycles. The smallest absolute Gasteiger partial charge is 0.142 e. The molecule has 0 bridgehead atoms. The molecule has 21 heavy (non-hydrogen) atoms. The fraction of sp³-hybridized carbons (Fsp3) is 0.333. The summed E-state index contributed by atoms with van der Waals surface area (Å²) in [4.78, 5) is 8.78. The molecule has 0 fully saturated rings. The van der Waals surface area contributed by atoms with E-state index in [-0.39, 0.29) is 5.41 Å². The number of hydrogen-bond acceptors (Lipinski definition) is 5. The topological polar surface area (TPSA) is 73.1 Å². The summed E-state index contributed by atoms with van der Waals surface area (Å²) in [5, 5.41) is 3.78. The lowest BCUT2D eigenvalue weighted by molar-refractivity contribution is 0.417. The van der Waals surface area contributed by atoms with Crippen LogP contribution in [0.4, 0.5) is 17.3 Å². The SMILES string of the molecule is COc1ccc(Cl)cc1Nc1cc(N)nc(C(C)(C)C)n1. The first-order valence-electron chi connectivity index (χ1n) is 6.55. The second kappa shape index (κ2) is 5.77. The van der Waals surface area contributed by atoms with Crippen LogP contribution in [-0.4, -0.2) is 17.1 Å². The molecule has 0 saturated heterocycles. The van der Waals surface area contributed by atoms with Crippen LogP contribution in [0.25, 0.3) is 0 Å². The van der Waals surface area contributed by atoms with E-state index in [4.69, 9.17) is 22.1 Å². The fourth-order valence-corrected chi connectivity index (χ4v) is 1.95. The van der Waals surface area contributed by atoms with Gasteiger partial charge >= 0.3 is 0 Å². The van der Waals surface area contributed by atoms with Gasteiger partial charge in [-0.25, -0.2) is 9.97 Å². The van der Waals surface area contributed by atoms with Crippen LogP contribution in [0.5, 0.6) is 5.75 Å². The van der Waals surface area contributed by atoms with E-state index in [9.17, 15) is 0 Å². The molecule has 0 radical (unpaired) electrons. The van der Waals surface area contributed by atoms with Gasteiger partial charge in [-0.05, 0) is 18.2 Å². The normalized spacial score (nSPS) is 11.3. The zero-order valence-corrected chi connectivity index (χ0v) is 13.3. The largest absolute Gasteiger partial charge is 0.495 e. The van der Waals surface area contributed by atoms with Crippen LogP contribution in [0.3, 0.4) is 0 Å². The predicted molar refractivity (Wildman–Crippen MR) is 86.4 cm³/mol. The number of nitrogens with one attached hydrogen (secondary N) is 1. The summed E-state index contributed by atoms with van der Waals surface area (Å²) >= 11 is 6.02. The molecule has 1 aromatic heterocycles. The number of aromatic nitrogens is 2. The molecule has 0 saturated carbocycles. The maximum Gasteiger partial charge on any atom is 0.142 e. The molecule has 0 atom stereocenters. The summed E-state index contributed by atoms with van der Waals surface area (Å²) in [6, 6.07) is 7.01. The molecule has 0 aliphatic carbocycles. The summed E-state index contributed by atoms with van der Waals surface area (Å²) in [6.45, 7) is 6.10. The van der Waals surface area contributed by atoms with Gasteiger partial charge in [-0.2, -0.15) is 0 Å². The molecule has 0 spiro atoms. The molecular formula is C15H19ClN4O. The van der Waals surface area contributed by atoms with Gasteiger partial charge in [0, 0.05) is 16.5 Å². The van der Waals surface area contributed by atoms with E-state index in [1.807, 2.05) is 20.8 Å². The monoisotopic (exact) mass is 306 g/mol. The summed E-state index contributed by atoms with van der Waals surface area (Å²) in [6.07, 6.45) is 0. The molecule has 2 rings (SSSR count). The van der Waals surface area contributed by atoms with Crippen molar-refractivity contribution in [2.45, 2.75) is 26.2 Å². The van der Waals surface area contributed by atoms with Crippen molar-refractivity contribution in [1.82, 2.24) is 9.97 Å². The number of benzene rings is 1. The Balaban J connectivity index is 2.40. The molecule has 6 heteroatoms. The van der Waals surface area contributed by atoms with Crippen molar-refractivity contribution in [3.63, 3.8) is 0 Å². The number of hydrogen-bond donors (Lipinski definition) is 2. The standard InChI is InChI=1S/C15H19ClN4O/c1-15(2,3)14-19-12(17)8-13(20-14)18-10-7-9(16)5-6-11(10)21-4/h5-8H,1-4H3,(H3,17,18,19,20). The van der Waals surface area contributed by atoms with Crippen LogP contribution in [0.15, 0.2) is 24.3 Å². The van der Waals surface area contributed by atoms with Crippen molar-refractivity contribution in [3.05, 3.63) is 35.1 Å². The van der Waals surface area contributed by atoms with Gasteiger partial charge in [0.05, 0.1) is 12.8 Å². The first-order valence-corrected chi connectivity index (χ1v) is 6.93. The number of nitrogens with zero attached hydrogens (tertiary/aromatic N) is 2. The zero-order chi connectivity index (χ0) is 15.6. The van der Waals surface area contributed by atoms with E-state index in [0.717, 1.165) is 5.69 Å². The van der Waals surface area contributed by atoms with E-state index >= 15 is 0 Å². The van der Waals surface area contributed by atoms with Gasteiger partial charge in [0.2, 0.25) is 0 Å². The molecule has 3 N–H and O–H groups in total. The Kier molecular flexibility index (Phi) is 4.23. The first kappa shape index (κ1) is 15.4. The molecule has 0 aliphatic heterocycles. The van der Waals surface area contributed by atoms with Crippen LogP contribution >= 0.6 is 11.6 Å². The van der Waals surface area contributed by atoms with E-state index in [0.29, 0.717) is 28.2 Å². The van der Waals surface area contributed by atoms with Crippen molar-refractivity contribution in [1.29, 1.82) is 0 Å². The highest BCUT2D eigenvalue weighted by Crippen LogP contribution is 2.31. The predicted octanol–water partition coefficient (Wildman–Crippen LogP) is 3.76. The Morgan fingerprint density at radius 1 is 1.19 bits per heavy atom. The van der Waals surface area contributed by atoms with Crippen LogP contribution in [0.1, 0.15) is 26.6 Å². The maximum absolute atomic E-state index is 6.02. The van der Waals surface area contributed by atoms with Crippen molar-refractivity contribution in [3.8, 4) is 5.75 Å². The molecule has 112 valence electrons. The molecule has 5 nitrogen and oxygen atoms in total.